The second kappa shape index (κ2) is 7.06. The van der Waals surface area contributed by atoms with E-state index in [-0.39, 0.29) is 17.4 Å². The zero-order valence-electron chi connectivity index (χ0n) is 14.0. The molecule has 0 radical (unpaired) electrons. The molecule has 6 nitrogen and oxygen atoms in total. The van der Waals surface area contributed by atoms with Crippen LogP contribution in [-0.4, -0.2) is 39.9 Å². The summed E-state index contributed by atoms with van der Waals surface area (Å²) in [6, 6.07) is 5.73. The maximum Gasteiger partial charge on any atom is 0.223 e. The number of hydrogen-bond donors (Lipinski definition) is 1. The van der Waals surface area contributed by atoms with Gasteiger partial charge in [-0.05, 0) is 37.1 Å². The number of benzene rings is 1. The molecule has 25 heavy (non-hydrogen) atoms. The summed E-state index contributed by atoms with van der Waals surface area (Å²) in [5.41, 5.74) is 0.0401. The van der Waals surface area contributed by atoms with Crippen molar-refractivity contribution in [2.24, 2.45) is 10.2 Å². The lowest BCUT2D eigenvalue weighted by molar-refractivity contribution is -0.131. The first-order valence-corrected chi connectivity index (χ1v) is 8.55. The second-order valence-corrected chi connectivity index (χ2v) is 6.54. The average molecular weight is 339 g/mol. The van der Waals surface area contributed by atoms with Crippen LogP contribution in [0.5, 0.6) is 5.75 Å². The van der Waals surface area contributed by atoms with Crippen LogP contribution in [0, 0.1) is 12.3 Å². The van der Waals surface area contributed by atoms with Crippen molar-refractivity contribution in [2.45, 2.75) is 50.2 Å². The SMILES string of the molecule is C#CCCC1(CCC(=O)N2CCCC2C(=O)c2ccc(O)cc2)N=N1. The Balaban J connectivity index is 1.59. The van der Waals surface area contributed by atoms with Crippen LogP contribution in [0.15, 0.2) is 34.5 Å². The predicted octanol–water partition coefficient (Wildman–Crippen LogP) is 2.92. The van der Waals surface area contributed by atoms with Crippen LogP contribution in [0.3, 0.4) is 0 Å². The maximum atomic E-state index is 12.7. The Morgan fingerprint density at radius 1 is 1.28 bits per heavy atom. The minimum atomic E-state index is -0.474. The van der Waals surface area contributed by atoms with Crippen molar-refractivity contribution < 1.29 is 14.7 Å². The number of Topliss-reactive ketones (excluding diaryl/α,β-unsaturated/α-hetero) is 1. The number of phenols is 1. The molecular weight excluding hydrogens is 318 g/mol. The molecule has 6 heteroatoms. The van der Waals surface area contributed by atoms with Crippen molar-refractivity contribution in [2.75, 3.05) is 6.54 Å². The van der Waals surface area contributed by atoms with Gasteiger partial charge in [-0.2, -0.15) is 10.2 Å². The zero-order chi connectivity index (χ0) is 17.9. The maximum absolute atomic E-state index is 12.7. The Hall–Kier alpha value is -2.68. The van der Waals surface area contributed by atoms with Crippen molar-refractivity contribution in [1.29, 1.82) is 0 Å². The Labute approximate surface area is 146 Å². The van der Waals surface area contributed by atoms with Crippen molar-refractivity contribution in [3.05, 3.63) is 29.8 Å². The van der Waals surface area contributed by atoms with Crippen LogP contribution in [-0.2, 0) is 4.79 Å². The van der Waals surface area contributed by atoms with Crippen LogP contribution in [0.4, 0.5) is 0 Å². The van der Waals surface area contributed by atoms with Gasteiger partial charge in [-0.25, -0.2) is 0 Å². The van der Waals surface area contributed by atoms with E-state index in [1.807, 2.05) is 0 Å². The Kier molecular flexibility index (Phi) is 4.84. The van der Waals surface area contributed by atoms with Gasteiger partial charge in [0.25, 0.3) is 0 Å². The van der Waals surface area contributed by atoms with Crippen LogP contribution >= 0.6 is 0 Å². The highest BCUT2D eigenvalue weighted by Gasteiger charge is 2.41. The topological polar surface area (TPSA) is 82.3 Å². The molecule has 1 N–H and O–H groups in total. The van der Waals surface area contributed by atoms with E-state index < -0.39 is 11.7 Å². The highest BCUT2D eigenvalue weighted by Crippen LogP contribution is 2.38. The first-order valence-electron chi connectivity index (χ1n) is 8.55. The molecular formula is C19H21N3O3. The number of nitrogens with zero attached hydrogens (tertiary/aromatic N) is 3. The van der Waals surface area contributed by atoms with Crippen LogP contribution in [0.1, 0.15) is 48.9 Å². The van der Waals surface area contributed by atoms with E-state index in [9.17, 15) is 14.7 Å². The minimum absolute atomic E-state index is 0.0352. The van der Waals surface area contributed by atoms with Gasteiger partial charge >= 0.3 is 0 Å². The summed E-state index contributed by atoms with van der Waals surface area (Å²) in [4.78, 5) is 27.0. The normalized spacial score (nSPS) is 20.3. The van der Waals surface area contributed by atoms with Gasteiger partial charge in [0.15, 0.2) is 11.4 Å². The molecule has 0 aromatic heterocycles. The molecule has 130 valence electrons. The lowest BCUT2D eigenvalue weighted by atomic mass is 10.00. The molecule has 1 amide bonds. The first-order chi connectivity index (χ1) is 12.0. The third kappa shape index (κ3) is 3.87. The molecule has 0 saturated carbocycles. The lowest BCUT2D eigenvalue weighted by Crippen LogP contribution is -2.40. The van der Waals surface area contributed by atoms with Crippen LogP contribution in [0.25, 0.3) is 0 Å². The van der Waals surface area contributed by atoms with Gasteiger partial charge in [0.05, 0.1) is 6.04 Å². The second-order valence-electron chi connectivity index (χ2n) is 6.54. The van der Waals surface area contributed by atoms with E-state index in [4.69, 9.17) is 6.42 Å². The van der Waals surface area contributed by atoms with Crippen LogP contribution < -0.4 is 0 Å². The molecule has 3 rings (SSSR count). The number of rotatable bonds is 7. The number of carbonyl (C=O) groups excluding carboxylic acids is 2. The van der Waals surface area contributed by atoms with Gasteiger partial charge in [0.2, 0.25) is 5.91 Å². The summed E-state index contributed by atoms with van der Waals surface area (Å²) >= 11 is 0. The fraction of sp³-hybridized carbons (Fsp3) is 0.474. The average Bonchev–Trinajstić information content (AvgIpc) is 3.22. The molecule has 1 aromatic carbocycles. The number of terminal acetylenes is 1. The number of hydrogen-bond acceptors (Lipinski definition) is 5. The molecule has 0 spiro atoms. The van der Waals surface area contributed by atoms with E-state index in [1.54, 1.807) is 17.0 Å². The first kappa shape index (κ1) is 17.2. The molecule has 1 saturated heterocycles. The van der Waals surface area contributed by atoms with Crippen LogP contribution in [0.2, 0.25) is 0 Å². The minimum Gasteiger partial charge on any atom is -0.508 e. The smallest absolute Gasteiger partial charge is 0.223 e. The Bertz CT molecular complexity index is 727. The number of carbonyl (C=O) groups is 2. The van der Waals surface area contributed by atoms with Gasteiger partial charge in [-0.3, -0.25) is 9.59 Å². The van der Waals surface area contributed by atoms with E-state index in [2.05, 4.69) is 16.1 Å². The number of ketones is 1. The Morgan fingerprint density at radius 3 is 2.64 bits per heavy atom. The lowest BCUT2D eigenvalue weighted by Gasteiger charge is -2.24. The van der Waals surface area contributed by atoms with Crippen molar-refractivity contribution in [1.82, 2.24) is 4.90 Å². The standard InChI is InChI=1S/C19H21N3O3/c1-2-3-11-19(20-21-19)12-10-17(24)22-13-4-5-16(22)18(25)14-6-8-15(23)9-7-14/h1,6-9,16,23H,3-5,10-13H2. The largest absolute Gasteiger partial charge is 0.508 e. The molecule has 0 aliphatic carbocycles. The highest BCUT2D eigenvalue weighted by molar-refractivity contribution is 6.02. The number of amides is 1. The van der Waals surface area contributed by atoms with Crippen molar-refractivity contribution in [3.63, 3.8) is 0 Å². The summed E-state index contributed by atoms with van der Waals surface area (Å²) in [7, 11) is 0. The fourth-order valence-electron chi connectivity index (χ4n) is 3.27. The highest BCUT2D eigenvalue weighted by atomic mass is 16.3. The number of phenolic OH excluding ortho intramolecular Hbond substituents is 1. The third-order valence-electron chi connectivity index (χ3n) is 4.82. The monoisotopic (exact) mass is 339 g/mol. The summed E-state index contributed by atoms with van der Waals surface area (Å²) in [5, 5.41) is 17.4. The molecule has 1 fully saturated rings. The summed E-state index contributed by atoms with van der Waals surface area (Å²) in [5.74, 6) is 2.58. The number of aromatic hydroxyl groups is 1. The third-order valence-corrected chi connectivity index (χ3v) is 4.82. The van der Waals surface area contributed by atoms with Crippen molar-refractivity contribution in [3.8, 4) is 18.1 Å². The van der Waals surface area contributed by atoms with Gasteiger partial charge in [-0.15, -0.1) is 12.3 Å². The fourth-order valence-corrected chi connectivity index (χ4v) is 3.27. The molecule has 2 heterocycles. The number of likely N-dealkylation sites (tertiary alicyclic amines) is 1. The molecule has 1 unspecified atom stereocenters. The van der Waals surface area contributed by atoms with E-state index in [0.717, 1.165) is 6.42 Å². The van der Waals surface area contributed by atoms with E-state index in [1.165, 1.54) is 12.1 Å². The molecule has 1 aromatic rings. The van der Waals surface area contributed by atoms with Gasteiger partial charge in [0.1, 0.15) is 5.75 Å². The van der Waals surface area contributed by atoms with E-state index >= 15 is 0 Å². The summed E-state index contributed by atoms with van der Waals surface area (Å²) in [6.45, 7) is 0.596. The Morgan fingerprint density at radius 2 is 2.00 bits per heavy atom. The van der Waals surface area contributed by atoms with Crippen molar-refractivity contribution >= 4 is 11.7 Å². The molecule has 0 bridgehead atoms. The predicted molar refractivity (Wildman–Crippen MR) is 92.1 cm³/mol. The molecule has 2 aliphatic rings. The quantitative estimate of drug-likeness (QED) is 0.612. The van der Waals surface area contributed by atoms with Gasteiger partial charge in [-0.1, -0.05) is 0 Å². The van der Waals surface area contributed by atoms with E-state index in [0.29, 0.717) is 44.2 Å². The molecule has 1 atom stereocenters. The summed E-state index contributed by atoms with van der Waals surface area (Å²) in [6.07, 6.45) is 8.88. The summed E-state index contributed by atoms with van der Waals surface area (Å²) < 4.78 is 0. The molecule has 2 aliphatic heterocycles. The van der Waals surface area contributed by atoms with Gasteiger partial charge < -0.3 is 10.0 Å². The zero-order valence-corrected chi connectivity index (χ0v) is 14.0. The van der Waals surface area contributed by atoms with Gasteiger partial charge in [0, 0.05) is 37.8 Å².